The number of benzene rings is 1. The number of nitrogens with zero attached hydrogens (tertiary/aromatic N) is 2. The van der Waals surface area contributed by atoms with Gasteiger partial charge in [-0.15, -0.1) is 0 Å². The molecule has 0 unspecified atom stereocenters. The van der Waals surface area contributed by atoms with Crippen LogP contribution in [0.25, 0.3) is 0 Å². The minimum atomic E-state index is -2.92. The van der Waals surface area contributed by atoms with Gasteiger partial charge in [0.1, 0.15) is 0 Å². The van der Waals surface area contributed by atoms with Gasteiger partial charge >= 0.3 is 0 Å². The Labute approximate surface area is 135 Å². The molecule has 8 heteroatoms. The summed E-state index contributed by atoms with van der Waals surface area (Å²) in [5, 5.41) is 0. The summed E-state index contributed by atoms with van der Waals surface area (Å²) < 4.78 is 33.4. The second kappa shape index (κ2) is 6.37. The van der Waals surface area contributed by atoms with Crippen molar-refractivity contribution in [3.8, 4) is 11.5 Å². The zero-order valence-corrected chi connectivity index (χ0v) is 13.8. The van der Waals surface area contributed by atoms with E-state index in [0.717, 1.165) is 11.3 Å². The summed E-state index contributed by atoms with van der Waals surface area (Å²) in [4.78, 5) is 15.8. The average Bonchev–Trinajstić information content (AvgIpc) is 2.97. The summed E-state index contributed by atoms with van der Waals surface area (Å²) in [6, 6.07) is 5.62. The molecule has 1 saturated heterocycles. The zero-order chi connectivity index (χ0) is 16.4. The Kier molecular flexibility index (Phi) is 4.45. The molecule has 0 atom stereocenters. The van der Waals surface area contributed by atoms with Gasteiger partial charge in [-0.25, -0.2) is 8.42 Å². The van der Waals surface area contributed by atoms with Crippen LogP contribution in [0.4, 0.5) is 0 Å². The molecule has 0 aromatic heterocycles. The maximum Gasteiger partial charge on any atom is 0.236 e. The molecule has 1 aromatic rings. The fourth-order valence-corrected chi connectivity index (χ4v) is 3.90. The quantitative estimate of drug-likeness (QED) is 0.774. The predicted molar refractivity (Wildman–Crippen MR) is 84.1 cm³/mol. The molecule has 2 aliphatic heterocycles. The summed E-state index contributed by atoms with van der Waals surface area (Å²) in [5.74, 6) is 1.65. The van der Waals surface area contributed by atoms with E-state index in [-0.39, 0.29) is 30.8 Å². The SMILES string of the molecule is CN(Cc1ccc2c(c1)OCO2)C(=O)CN1CCS(=O)(=O)CC1. The third-order valence-corrected chi connectivity index (χ3v) is 5.69. The van der Waals surface area contributed by atoms with Gasteiger partial charge in [0.05, 0.1) is 18.1 Å². The molecule has 0 radical (unpaired) electrons. The Morgan fingerprint density at radius 2 is 1.91 bits per heavy atom. The van der Waals surface area contributed by atoms with E-state index < -0.39 is 9.84 Å². The highest BCUT2D eigenvalue weighted by Crippen LogP contribution is 2.32. The lowest BCUT2D eigenvalue weighted by Gasteiger charge is -2.28. The Morgan fingerprint density at radius 3 is 2.65 bits per heavy atom. The molecule has 7 nitrogen and oxygen atoms in total. The number of ether oxygens (including phenoxy) is 2. The number of hydrogen-bond donors (Lipinski definition) is 0. The summed E-state index contributed by atoms with van der Waals surface area (Å²) in [7, 11) is -1.17. The number of likely N-dealkylation sites (N-methyl/N-ethyl adjacent to an activating group) is 1. The Morgan fingerprint density at radius 1 is 1.22 bits per heavy atom. The Bertz CT molecular complexity index is 690. The molecule has 0 N–H and O–H groups in total. The van der Waals surface area contributed by atoms with Crippen molar-refractivity contribution in [3.63, 3.8) is 0 Å². The van der Waals surface area contributed by atoms with E-state index in [2.05, 4.69) is 0 Å². The molecule has 2 aliphatic rings. The van der Waals surface area contributed by atoms with Gasteiger partial charge in [-0.3, -0.25) is 9.69 Å². The molecule has 2 heterocycles. The van der Waals surface area contributed by atoms with E-state index in [9.17, 15) is 13.2 Å². The largest absolute Gasteiger partial charge is 0.454 e. The number of rotatable bonds is 4. The van der Waals surface area contributed by atoms with Gasteiger partial charge in [-0.05, 0) is 17.7 Å². The fourth-order valence-electron chi connectivity index (χ4n) is 2.62. The lowest BCUT2D eigenvalue weighted by Crippen LogP contribution is -2.45. The Hall–Kier alpha value is -1.80. The second-order valence-corrected chi connectivity index (χ2v) is 8.17. The lowest BCUT2D eigenvalue weighted by molar-refractivity contribution is -0.131. The molecular formula is C15H20N2O5S. The average molecular weight is 340 g/mol. The van der Waals surface area contributed by atoms with Crippen LogP contribution in [0.15, 0.2) is 18.2 Å². The van der Waals surface area contributed by atoms with Gasteiger partial charge in [0.2, 0.25) is 12.7 Å². The van der Waals surface area contributed by atoms with Gasteiger partial charge in [-0.2, -0.15) is 0 Å². The summed E-state index contributed by atoms with van der Waals surface area (Å²) >= 11 is 0. The first kappa shape index (κ1) is 16.1. The maximum absolute atomic E-state index is 12.3. The lowest BCUT2D eigenvalue weighted by atomic mass is 10.2. The number of hydrogen-bond acceptors (Lipinski definition) is 6. The van der Waals surface area contributed by atoms with E-state index in [0.29, 0.717) is 25.4 Å². The summed E-state index contributed by atoms with van der Waals surface area (Å²) in [6.07, 6.45) is 0. The first-order valence-electron chi connectivity index (χ1n) is 7.48. The fraction of sp³-hybridized carbons (Fsp3) is 0.533. The van der Waals surface area contributed by atoms with Crippen LogP contribution in [0.3, 0.4) is 0 Å². The number of fused-ring (bicyclic) bond motifs is 1. The van der Waals surface area contributed by atoms with E-state index in [4.69, 9.17) is 9.47 Å². The van der Waals surface area contributed by atoms with Crippen LogP contribution in [0.1, 0.15) is 5.56 Å². The van der Waals surface area contributed by atoms with Crippen molar-refractivity contribution in [2.45, 2.75) is 6.54 Å². The van der Waals surface area contributed by atoms with Crippen LogP contribution < -0.4 is 9.47 Å². The summed E-state index contributed by atoms with van der Waals surface area (Å²) in [6.45, 7) is 1.79. The topological polar surface area (TPSA) is 76.2 Å². The molecule has 0 bridgehead atoms. The van der Waals surface area contributed by atoms with Crippen LogP contribution in [-0.4, -0.2) is 69.1 Å². The number of amides is 1. The van der Waals surface area contributed by atoms with E-state index in [1.807, 2.05) is 23.1 Å². The second-order valence-electron chi connectivity index (χ2n) is 5.87. The summed E-state index contributed by atoms with van der Waals surface area (Å²) in [5.41, 5.74) is 0.964. The molecule has 23 heavy (non-hydrogen) atoms. The van der Waals surface area contributed by atoms with Crippen molar-refractivity contribution in [2.24, 2.45) is 0 Å². The highest BCUT2D eigenvalue weighted by atomic mass is 32.2. The monoisotopic (exact) mass is 340 g/mol. The molecule has 3 rings (SSSR count). The van der Waals surface area contributed by atoms with E-state index in [1.54, 1.807) is 11.9 Å². The first-order valence-corrected chi connectivity index (χ1v) is 9.30. The van der Waals surface area contributed by atoms with Gasteiger partial charge in [-0.1, -0.05) is 6.07 Å². The normalized spacial score (nSPS) is 19.5. The van der Waals surface area contributed by atoms with Gasteiger partial charge in [0.25, 0.3) is 0 Å². The van der Waals surface area contributed by atoms with Gasteiger partial charge in [0, 0.05) is 26.7 Å². The van der Waals surface area contributed by atoms with Crippen molar-refractivity contribution in [3.05, 3.63) is 23.8 Å². The number of carbonyl (C=O) groups excluding carboxylic acids is 1. The zero-order valence-electron chi connectivity index (χ0n) is 13.0. The van der Waals surface area contributed by atoms with E-state index >= 15 is 0 Å². The maximum atomic E-state index is 12.3. The van der Waals surface area contributed by atoms with Crippen molar-refractivity contribution >= 4 is 15.7 Å². The molecule has 1 fully saturated rings. The highest BCUT2D eigenvalue weighted by Gasteiger charge is 2.24. The molecule has 1 aromatic carbocycles. The number of carbonyl (C=O) groups is 1. The first-order chi connectivity index (χ1) is 10.9. The minimum absolute atomic E-state index is 0.0260. The predicted octanol–water partition coefficient (Wildman–Crippen LogP) is 0.104. The molecule has 0 saturated carbocycles. The van der Waals surface area contributed by atoms with Crippen molar-refractivity contribution in [1.82, 2.24) is 9.80 Å². The molecule has 126 valence electrons. The van der Waals surface area contributed by atoms with Gasteiger partial charge in [0.15, 0.2) is 21.3 Å². The number of sulfone groups is 1. The van der Waals surface area contributed by atoms with Crippen LogP contribution in [0, 0.1) is 0 Å². The van der Waals surface area contributed by atoms with Crippen LogP contribution >= 0.6 is 0 Å². The van der Waals surface area contributed by atoms with Crippen molar-refractivity contribution in [1.29, 1.82) is 0 Å². The van der Waals surface area contributed by atoms with Crippen LogP contribution in [-0.2, 0) is 21.2 Å². The third kappa shape index (κ3) is 3.94. The molecular weight excluding hydrogens is 320 g/mol. The standard InChI is InChI=1S/C15H20N2O5S/c1-16(9-12-2-3-13-14(8-12)22-11-21-13)15(18)10-17-4-6-23(19,20)7-5-17/h2-3,8H,4-7,9-11H2,1H3. The minimum Gasteiger partial charge on any atom is -0.454 e. The van der Waals surface area contributed by atoms with Gasteiger partial charge < -0.3 is 14.4 Å². The molecule has 0 aliphatic carbocycles. The van der Waals surface area contributed by atoms with Crippen LogP contribution in [0.2, 0.25) is 0 Å². The van der Waals surface area contributed by atoms with Crippen LogP contribution in [0.5, 0.6) is 11.5 Å². The molecule has 1 amide bonds. The van der Waals surface area contributed by atoms with E-state index in [1.165, 1.54) is 0 Å². The Balaban J connectivity index is 1.53. The van der Waals surface area contributed by atoms with Crippen molar-refractivity contribution in [2.75, 3.05) is 45.0 Å². The smallest absolute Gasteiger partial charge is 0.236 e. The van der Waals surface area contributed by atoms with Crippen molar-refractivity contribution < 1.29 is 22.7 Å². The third-order valence-electron chi connectivity index (χ3n) is 4.08. The molecule has 0 spiro atoms. The highest BCUT2D eigenvalue weighted by molar-refractivity contribution is 7.91.